The summed E-state index contributed by atoms with van der Waals surface area (Å²) in [4.78, 5) is 14.3. The van der Waals surface area contributed by atoms with Crippen molar-refractivity contribution in [3.05, 3.63) is 0 Å². The zero-order valence-electron chi connectivity index (χ0n) is 12.8. The van der Waals surface area contributed by atoms with Gasteiger partial charge in [-0.2, -0.15) is 10.5 Å². The second-order valence-corrected chi connectivity index (χ2v) is 4.89. The highest BCUT2D eigenvalue weighted by Gasteiger charge is 2.39. The highest BCUT2D eigenvalue weighted by Crippen LogP contribution is 2.31. The minimum absolute atomic E-state index is 0.156. The Balaban J connectivity index is 5.12. The van der Waals surface area contributed by atoms with Crippen molar-refractivity contribution in [2.24, 2.45) is 5.41 Å². The van der Waals surface area contributed by atoms with Gasteiger partial charge >= 0.3 is 0 Å². The summed E-state index contributed by atoms with van der Waals surface area (Å²) >= 11 is 0. The zero-order valence-corrected chi connectivity index (χ0v) is 12.8. The number of amides is 1. The molecule has 0 aromatic rings. The van der Waals surface area contributed by atoms with Crippen molar-refractivity contribution in [2.75, 3.05) is 26.8 Å². The molecule has 5 nitrogen and oxygen atoms in total. The van der Waals surface area contributed by atoms with Gasteiger partial charge in [-0.05, 0) is 12.8 Å². The van der Waals surface area contributed by atoms with Gasteiger partial charge in [-0.15, -0.1) is 0 Å². The van der Waals surface area contributed by atoms with Gasteiger partial charge in [-0.1, -0.05) is 26.7 Å². The molecule has 0 N–H and O–H groups in total. The van der Waals surface area contributed by atoms with Crippen molar-refractivity contribution in [3.8, 4) is 12.1 Å². The molecule has 0 saturated heterocycles. The highest BCUT2D eigenvalue weighted by atomic mass is 16.5. The molecule has 0 aliphatic carbocycles. The Morgan fingerprint density at radius 3 is 2.20 bits per heavy atom. The molecule has 0 aliphatic rings. The van der Waals surface area contributed by atoms with Gasteiger partial charge in [0.1, 0.15) is 5.41 Å². The van der Waals surface area contributed by atoms with Gasteiger partial charge in [-0.3, -0.25) is 4.79 Å². The van der Waals surface area contributed by atoms with E-state index >= 15 is 0 Å². The topological polar surface area (TPSA) is 77.1 Å². The normalized spacial score (nSPS) is 10.7. The Labute approximate surface area is 122 Å². The van der Waals surface area contributed by atoms with Crippen molar-refractivity contribution in [2.45, 2.75) is 46.0 Å². The van der Waals surface area contributed by atoms with Gasteiger partial charge in [0.15, 0.2) is 0 Å². The monoisotopic (exact) mass is 279 g/mol. The standard InChI is InChI=1S/C15H25N3O2/c1-4-7-15(13-17,8-5-2)14(19)18(10-6-9-16)11-12-20-3/h4-8,10-12H2,1-3H3. The van der Waals surface area contributed by atoms with Crippen LogP contribution in [0.25, 0.3) is 0 Å². The number of hydrogen-bond donors (Lipinski definition) is 0. The van der Waals surface area contributed by atoms with Gasteiger partial charge in [0, 0.05) is 20.2 Å². The Morgan fingerprint density at radius 1 is 1.20 bits per heavy atom. The summed E-state index contributed by atoms with van der Waals surface area (Å²) < 4.78 is 5.01. The first kappa shape index (κ1) is 18.4. The molecule has 5 heteroatoms. The van der Waals surface area contributed by atoms with Crippen molar-refractivity contribution >= 4 is 5.91 Å². The average Bonchev–Trinajstić information content (AvgIpc) is 2.46. The van der Waals surface area contributed by atoms with Crippen LogP contribution in [-0.4, -0.2) is 37.6 Å². The predicted molar refractivity (Wildman–Crippen MR) is 76.5 cm³/mol. The lowest BCUT2D eigenvalue weighted by molar-refractivity contribution is -0.140. The van der Waals surface area contributed by atoms with Crippen LogP contribution in [0.5, 0.6) is 0 Å². The molecule has 112 valence electrons. The number of rotatable bonds is 10. The first-order valence-corrected chi connectivity index (χ1v) is 7.18. The fourth-order valence-electron chi connectivity index (χ4n) is 2.36. The van der Waals surface area contributed by atoms with Crippen LogP contribution < -0.4 is 0 Å². The van der Waals surface area contributed by atoms with E-state index in [1.807, 2.05) is 19.9 Å². The molecule has 20 heavy (non-hydrogen) atoms. The fraction of sp³-hybridized carbons (Fsp3) is 0.800. The van der Waals surface area contributed by atoms with Crippen LogP contribution in [0.15, 0.2) is 0 Å². The molecular formula is C15H25N3O2. The number of hydrogen-bond acceptors (Lipinski definition) is 4. The van der Waals surface area contributed by atoms with E-state index in [0.29, 0.717) is 32.5 Å². The smallest absolute Gasteiger partial charge is 0.243 e. The molecule has 0 radical (unpaired) electrons. The summed E-state index contributed by atoms with van der Waals surface area (Å²) in [5, 5.41) is 18.2. The van der Waals surface area contributed by atoms with E-state index in [0.717, 1.165) is 12.8 Å². The molecule has 0 rings (SSSR count). The second-order valence-electron chi connectivity index (χ2n) is 4.89. The minimum Gasteiger partial charge on any atom is -0.383 e. The lowest BCUT2D eigenvalue weighted by Gasteiger charge is -2.32. The molecule has 0 heterocycles. The van der Waals surface area contributed by atoms with Crippen LogP contribution in [0.4, 0.5) is 0 Å². The maximum absolute atomic E-state index is 12.7. The van der Waals surface area contributed by atoms with Crippen molar-refractivity contribution in [1.82, 2.24) is 4.90 Å². The summed E-state index contributed by atoms with van der Waals surface area (Å²) in [5.74, 6) is -0.156. The Kier molecular flexibility index (Phi) is 9.41. The number of methoxy groups -OCH3 is 1. The minimum atomic E-state index is -0.952. The molecule has 0 aromatic heterocycles. The Morgan fingerprint density at radius 2 is 1.80 bits per heavy atom. The molecule has 0 spiro atoms. The quantitative estimate of drug-likeness (QED) is 0.615. The van der Waals surface area contributed by atoms with Crippen LogP contribution in [0.1, 0.15) is 46.0 Å². The van der Waals surface area contributed by atoms with Crippen LogP contribution >= 0.6 is 0 Å². The van der Waals surface area contributed by atoms with E-state index in [2.05, 4.69) is 6.07 Å². The van der Waals surface area contributed by atoms with Gasteiger partial charge in [-0.25, -0.2) is 0 Å². The Bertz CT molecular complexity index is 362. The van der Waals surface area contributed by atoms with Crippen LogP contribution in [0.3, 0.4) is 0 Å². The van der Waals surface area contributed by atoms with E-state index in [1.54, 1.807) is 12.0 Å². The largest absolute Gasteiger partial charge is 0.383 e. The van der Waals surface area contributed by atoms with Crippen LogP contribution in [0, 0.1) is 28.1 Å². The van der Waals surface area contributed by atoms with Crippen molar-refractivity contribution < 1.29 is 9.53 Å². The molecule has 0 aliphatic heterocycles. The maximum atomic E-state index is 12.7. The summed E-state index contributed by atoms with van der Waals surface area (Å²) in [6, 6.07) is 4.28. The highest BCUT2D eigenvalue weighted by molar-refractivity contribution is 5.85. The first-order chi connectivity index (χ1) is 9.61. The SMILES string of the molecule is CCCC(C#N)(CCC)C(=O)N(CCC#N)CCOC. The third-order valence-corrected chi connectivity index (χ3v) is 3.32. The summed E-state index contributed by atoms with van der Waals surface area (Å²) in [5.41, 5.74) is -0.952. The maximum Gasteiger partial charge on any atom is 0.243 e. The average molecular weight is 279 g/mol. The number of nitriles is 2. The Hall–Kier alpha value is -1.59. The fourth-order valence-corrected chi connectivity index (χ4v) is 2.36. The number of ether oxygens (including phenoxy) is 1. The zero-order chi connectivity index (χ0) is 15.4. The first-order valence-electron chi connectivity index (χ1n) is 7.18. The van der Waals surface area contributed by atoms with E-state index in [-0.39, 0.29) is 12.3 Å². The summed E-state index contributed by atoms with van der Waals surface area (Å²) in [6.07, 6.45) is 2.97. The molecule has 0 saturated carbocycles. The molecule has 0 atom stereocenters. The molecular weight excluding hydrogens is 254 g/mol. The number of carbonyl (C=O) groups is 1. The number of carbonyl (C=O) groups excluding carboxylic acids is 1. The van der Waals surface area contributed by atoms with E-state index in [4.69, 9.17) is 10.00 Å². The number of nitrogens with zero attached hydrogens (tertiary/aromatic N) is 3. The second kappa shape index (κ2) is 10.2. The molecule has 0 aromatic carbocycles. The van der Waals surface area contributed by atoms with Gasteiger partial charge in [0.05, 0.1) is 25.2 Å². The molecule has 0 fully saturated rings. The summed E-state index contributed by atoms with van der Waals surface area (Å²) in [6.45, 7) is 5.15. The lowest BCUT2D eigenvalue weighted by atomic mass is 9.79. The molecule has 0 bridgehead atoms. The van der Waals surface area contributed by atoms with Gasteiger partial charge < -0.3 is 9.64 Å². The van der Waals surface area contributed by atoms with Crippen LogP contribution in [0.2, 0.25) is 0 Å². The van der Waals surface area contributed by atoms with Crippen molar-refractivity contribution in [1.29, 1.82) is 10.5 Å². The van der Waals surface area contributed by atoms with E-state index in [1.165, 1.54) is 0 Å². The van der Waals surface area contributed by atoms with Gasteiger partial charge in [0.25, 0.3) is 0 Å². The van der Waals surface area contributed by atoms with E-state index in [9.17, 15) is 10.1 Å². The molecule has 1 amide bonds. The predicted octanol–water partition coefficient (Wildman–Crippen LogP) is 2.49. The van der Waals surface area contributed by atoms with Crippen molar-refractivity contribution in [3.63, 3.8) is 0 Å². The van der Waals surface area contributed by atoms with Crippen LogP contribution in [-0.2, 0) is 9.53 Å². The molecule has 0 unspecified atom stereocenters. The van der Waals surface area contributed by atoms with E-state index < -0.39 is 5.41 Å². The lowest BCUT2D eigenvalue weighted by Crippen LogP contribution is -2.45. The third-order valence-electron chi connectivity index (χ3n) is 3.32. The van der Waals surface area contributed by atoms with Gasteiger partial charge in [0.2, 0.25) is 5.91 Å². The third kappa shape index (κ3) is 5.19. The summed E-state index contributed by atoms with van der Waals surface area (Å²) in [7, 11) is 1.57.